The minimum absolute atomic E-state index is 0.0448. The molecule has 1 saturated heterocycles. The summed E-state index contributed by atoms with van der Waals surface area (Å²) in [6.07, 6.45) is -1.01. The molecule has 0 unspecified atom stereocenters. The first kappa shape index (κ1) is 15.0. The highest BCUT2D eigenvalue weighted by molar-refractivity contribution is 5.24. The van der Waals surface area contributed by atoms with Crippen LogP contribution in [0.5, 0.6) is 0 Å². The van der Waals surface area contributed by atoms with E-state index in [9.17, 15) is 17.6 Å². The summed E-state index contributed by atoms with van der Waals surface area (Å²) < 4.78 is 63.8. The molecule has 0 saturated carbocycles. The first-order valence-corrected chi connectivity index (χ1v) is 6.68. The van der Waals surface area contributed by atoms with E-state index in [1.807, 2.05) is 0 Å². The van der Waals surface area contributed by atoms with E-state index in [0.717, 1.165) is 12.1 Å². The molecule has 0 aliphatic carbocycles. The second-order valence-electron chi connectivity index (χ2n) is 5.02. The number of hydrogen-bond donors (Lipinski definition) is 0. The van der Waals surface area contributed by atoms with Gasteiger partial charge in [0.15, 0.2) is 23.7 Å². The van der Waals surface area contributed by atoms with Gasteiger partial charge in [-0.2, -0.15) is 0 Å². The molecule has 2 aromatic carbocycles. The van der Waals surface area contributed by atoms with Crippen molar-refractivity contribution in [3.05, 3.63) is 70.8 Å². The van der Waals surface area contributed by atoms with Gasteiger partial charge in [0.1, 0.15) is 5.82 Å². The lowest BCUT2D eigenvalue weighted by atomic mass is 9.99. The molecule has 2 aromatic rings. The van der Waals surface area contributed by atoms with Crippen molar-refractivity contribution >= 4 is 0 Å². The van der Waals surface area contributed by atoms with Crippen molar-refractivity contribution in [3.8, 4) is 0 Å². The summed E-state index contributed by atoms with van der Waals surface area (Å²) in [6, 6.07) is 7.90. The van der Waals surface area contributed by atoms with E-state index in [0.29, 0.717) is 5.56 Å². The zero-order chi connectivity index (χ0) is 15.7. The highest BCUT2D eigenvalue weighted by Crippen LogP contribution is 2.31. The van der Waals surface area contributed by atoms with E-state index in [-0.39, 0.29) is 30.5 Å². The highest BCUT2D eigenvalue weighted by atomic mass is 19.2. The second kappa shape index (κ2) is 6.06. The van der Waals surface area contributed by atoms with Crippen LogP contribution in [0.4, 0.5) is 17.6 Å². The molecular formula is C16H12F4O2. The smallest absolute Gasteiger partial charge is 0.194 e. The number of benzene rings is 2. The normalized spacial score (nSPS) is 21.8. The van der Waals surface area contributed by atoms with Crippen LogP contribution < -0.4 is 0 Å². The van der Waals surface area contributed by atoms with Crippen molar-refractivity contribution in [1.82, 2.24) is 0 Å². The third-order valence-electron chi connectivity index (χ3n) is 3.52. The van der Waals surface area contributed by atoms with Crippen LogP contribution in [-0.4, -0.2) is 13.2 Å². The zero-order valence-corrected chi connectivity index (χ0v) is 11.4. The van der Waals surface area contributed by atoms with Gasteiger partial charge in [-0.25, -0.2) is 17.6 Å². The average Bonchev–Trinajstić information content (AvgIpc) is 2.53. The molecule has 0 spiro atoms. The summed E-state index contributed by atoms with van der Waals surface area (Å²) in [6.45, 7) is 0.262. The summed E-state index contributed by atoms with van der Waals surface area (Å²) >= 11 is 0. The maximum Gasteiger partial charge on any atom is 0.194 e. The van der Waals surface area contributed by atoms with Gasteiger partial charge in [-0.3, -0.25) is 0 Å². The Hall–Kier alpha value is -1.92. The largest absolute Gasteiger partial charge is 0.348 e. The van der Waals surface area contributed by atoms with Crippen LogP contribution >= 0.6 is 0 Å². The van der Waals surface area contributed by atoms with Gasteiger partial charge in [0.25, 0.3) is 0 Å². The maximum atomic E-state index is 13.7. The van der Waals surface area contributed by atoms with Crippen molar-refractivity contribution in [1.29, 1.82) is 0 Å². The van der Waals surface area contributed by atoms with E-state index >= 15 is 0 Å². The molecule has 0 bridgehead atoms. The lowest BCUT2D eigenvalue weighted by Crippen LogP contribution is -2.26. The summed E-state index contributed by atoms with van der Waals surface area (Å²) in [5.74, 6) is -4.83. The molecule has 0 amide bonds. The van der Waals surface area contributed by atoms with Gasteiger partial charge in [0, 0.05) is 11.5 Å². The topological polar surface area (TPSA) is 18.5 Å². The third kappa shape index (κ3) is 2.84. The summed E-state index contributed by atoms with van der Waals surface area (Å²) in [7, 11) is 0. The van der Waals surface area contributed by atoms with Crippen LogP contribution in [0, 0.1) is 23.3 Å². The SMILES string of the molecule is Fc1ccccc1C1COC(c2cc(F)c(F)c(F)c2)OC1. The van der Waals surface area contributed by atoms with E-state index < -0.39 is 23.7 Å². The number of ether oxygens (including phenoxy) is 2. The molecule has 1 heterocycles. The fourth-order valence-electron chi connectivity index (χ4n) is 2.39. The summed E-state index contributed by atoms with van der Waals surface area (Å²) in [4.78, 5) is 0. The van der Waals surface area contributed by atoms with Crippen LogP contribution in [0.15, 0.2) is 36.4 Å². The molecule has 116 valence electrons. The second-order valence-corrected chi connectivity index (χ2v) is 5.02. The lowest BCUT2D eigenvalue weighted by molar-refractivity contribution is -0.192. The Morgan fingerprint density at radius 1 is 0.818 bits per heavy atom. The molecule has 0 N–H and O–H groups in total. The van der Waals surface area contributed by atoms with Crippen molar-refractivity contribution in [2.45, 2.75) is 12.2 Å². The van der Waals surface area contributed by atoms with Crippen molar-refractivity contribution in [2.75, 3.05) is 13.2 Å². The van der Waals surface area contributed by atoms with Crippen molar-refractivity contribution in [3.63, 3.8) is 0 Å². The Morgan fingerprint density at radius 3 is 2.00 bits per heavy atom. The van der Waals surface area contributed by atoms with Crippen molar-refractivity contribution < 1.29 is 27.0 Å². The Bertz CT molecular complexity index is 659. The monoisotopic (exact) mass is 312 g/mol. The summed E-state index contributed by atoms with van der Waals surface area (Å²) in [5, 5.41) is 0. The number of hydrogen-bond acceptors (Lipinski definition) is 2. The quantitative estimate of drug-likeness (QED) is 0.615. The molecule has 6 heteroatoms. The van der Waals surface area contributed by atoms with Gasteiger partial charge in [-0.05, 0) is 23.8 Å². The number of halogens is 4. The fraction of sp³-hybridized carbons (Fsp3) is 0.250. The molecule has 0 aromatic heterocycles. The summed E-state index contributed by atoms with van der Waals surface area (Å²) in [5.41, 5.74) is 0.501. The van der Waals surface area contributed by atoms with E-state index in [1.165, 1.54) is 6.07 Å². The molecule has 22 heavy (non-hydrogen) atoms. The molecule has 2 nitrogen and oxygen atoms in total. The minimum atomic E-state index is -1.54. The molecule has 1 aliphatic heterocycles. The van der Waals surface area contributed by atoms with Crippen molar-refractivity contribution in [2.24, 2.45) is 0 Å². The molecular weight excluding hydrogens is 300 g/mol. The van der Waals surface area contributed by atoms with Crippen LogP contribution in [0.3, 0.4) is 0 Å². The fourth-order valence-corrected chi connectivity index (χ4v) is 2.39. The van der Waals surface area contributed by atoms with Gasteiger partial charge in [-0.15, -0.1) is 0 Å². The maximum absolute atomic E-state index is 13.7. The van der Waals surface area contributed by atoms with Crippen LogP contribution in [0.1, 0.15) is 23.3 Å². The molecule has 0 atom stereocenters. The number of rotatable bonds is 2. The van der Waals surface area contributed by atoms with Crippen LogP contribution in [0.2, 0.25) is 0 Å². The molecule has 0 radical (unpaired) electrons. The third-order valence-corrected chi connectivity index (χ3v) is 3.52. The molecule has 3 rings (SSSR count). The standard InChI is InChI=1S/C16H12F4O2/c17-12-4-2-1-3-11(12)10-7-21-16(22-8-10)9-5-13(18)15(20)14(19)6-9/h1-6,10,16H,7-8H2. The van der Waals surface area contributed by atoms with E-state index in [4.69, 9.17) is 9.47 Å². The van der Waals surface area contributed by atoms with Gasteiger partial charge in [-0.1, -0.05) is 18.2 Å². The Kier molecular flexibility index (Phi) is 4.13. The Morgan fingerprint density at radius 2 is 1.41 bits per heavy atom. The van der Waals surface area contributed by atoms with Gasteiger partial charge >= 0.3 is 0 Å². The van der Waals surface area contributed by atoms with E-state index in [1.54, 1.807) is 18.2 Å². The Labute approximate surface area is 124 Å². The lowest BCUT2D eigenvalue weighted by Gasteiger charge is -2.30. The van der Waals surface area contributed by atoms with Gasteiger partial charge < -0.3 is 9.47 Å². The van der Waals surface area contributed by atoms with Gasteiger partial charge in [0.2, 0.25) is 0 Å². The predicted molar refractivity (Wildman–Crippen MR) is 70.1 cm³/mol. The first-order valence-electron chi connectivity index (χ1n) is 6.68. The predicted octanol–water partition coefficient (Wildman–Crippen LogP) is 4.07. The minimum Gasteiger partial charge on any atom is -0.348 e. The van der Waals surface area contributed by atoms with Gasteiger partial charge in [0.05, 0.1) is 13.2 Å². The first-order chi connectivity index (χ1) is 10.6. The Balaban J connectivity index is 1.73. The zero-order valence-electron chi connectivity index (χ0n) is 11.4. The van der Waals surface area contributed by atoms with Crippen LogP contribution in [0.25, 0.3) is 0 Å². The highest BCUT2D eigenvalue weighted by Gasteiger charge is 2.27. The molecule has 1 aliphatic rings. The average molecular weight is 312 g/mol. The van der Waals surface area contributed by atoms with E-state index in [2.05, 4.69) is 0 Å². The molecule has 1 fully saturated rings. The van der Waals surface area contributed by atoms with Crippen LogP contribution in [-0.2, 0) is 9.47 Å².